The zero-order valence-corrected chi connectivity index (χ0v) is 12.7. The van der Waals surface area contributed by atoms with E-state index < -0.39 is 0 Å². The third-order valence-electron chi connectivity index (χ3n) is 3.54. The minimum atomic E-state index is -0.370. The lowest BCUT2D eigenvalue weighted by molar-refractivity contribution is 0.445. The normalized spacial score (nSPS) is 11.4. The maximum absolute atomic E-state index is 8.95. The van der Waals surface area contributed by atoms with Gasteiger partial charge in [-0.1, -0.05) is 13.8 Å². The van der Waals surface area contributed by atoms with Crippen LogP contribution in [0.5, 0.6) is 11.8 Å². The highest BCUT2D eigenvalue weighted by molar-refractivity contribution is 5.84. The number of hydrogen-bond donors (Lipinski definition) is 2. The van der Waals surface area contributed by atoms with Crippen LogP contribution in [0.25, 0.3) is 11.0 Å². The number of pyridine rings is 1. The largest absolute Gasteiger partial charge is 0.418 e. The molecule has 0 fully saturated rings. The minimum absolute atomic E-state index is 0.276. The van der Waals surface area contributed by atoms with E-state index in [1.807, 2.05) is 19.9 Å². The van der Waals surface area contributed by atoms with Gasteiger partial charge >= 0.3 is 0 Å². The molecular formula is C15H15N7O. The summed E-state index contributed by atoms with van der Waals surface area (Å²) in [6.07, 6.45) is 2.97. The molecule has 0 aliphatic rings. The predicted octanol–water partition coefficient (Wildman–Crippen LogP) is 1.65. The van der Waals surface area contributed by atoms with Crippen LogP contribution in [0.2, 0.25) is 0 Å². The Hall–Kier alpha value is -3.05. The average Bonchev–Trinajstić information content (AvgIpc) is 2.98. The molecule has 116 valence electrons. The van der Waals surface area contributed by atoms with Crippen molar-refractivity contribution in [1.82, 2.24) is 25.1 Å². The van der Waals surface area contributed by atoms with E-state index in [1.54, 1.807) is 6.07 Å². The number of nitrogens with one attached hydrogen (secondary N) is 1. The molecule has 8 heteroatoms. The van der Waals surface area contributed by atoms with E-state index in [0.717, 1.165) is 5.69 Å². The monoisotopic (exact) mass is 309 g/mol. The van der Waals surface area contributed by atoms with E-state index in [9.17, 15) is 0 Å². The standard InChI is InChI=1S/C15H15N7O/c1-15(2,7-17)12-11-13(20-8-19-12)21-22-14(11)23-10-5-9(6-16)3-4-18-10/h3-5,8H,7,17H2,1-2H3,(H,19,20,21,22). The number of ether oxygens (including phenoxy) is 1. The van der Waals surface area contributed by atoms with Gasteiger partial charge in [-0.05, 0) is 6.07 Å². The second kappa shape index (κ2) is 5.62. The molecule has 8 nitrogen and oxygen atoms in total. The maximum atomic E-state index is 8.95. The molecule has 0 unspecified atom stereocenters. The van der Waals surface area contributed by atoms with Crippen LogP contribution >= 0.6 is 0 Å². The average molecular weight is 309 g/mol. The number of nitriles is 1. The van der Waals surface area contributed by atoms with Crippen molar-refractivity contribution in [3.05, 3.63) is 35.9 Å². The Bertz CT molecular complexity index is 894. The highest BCUT2D eigenvalue weighted by Crippen LogP contribution is 2.33. The van der Waals surface area contributed by atoms with Crippen LogP contribution in [0.3, 0.4) is 0 Å². The number of aromatic amines is 1. The van der Waals surface area contributed by atoms with Gasteiger partial charge in [-0.3, -0.25) is 5.10 Å². The molecule has 0 aromatic carbocycles. The van der Waals surface area contributed by atoms with Crippen molar-refractivity contribution in [2.75, 3.05) is 6.54 Å². The first-order chi connectivity index (χ1) is 11.0. The van der Waals surface area contributed by atoms with Gasteiger partial charge in [0.25, 0.3) is 5.88 Å². The second-order valence-electron chi connectivity index (χ2n) is 5.66. The van der Waals surface area contributed by atoms with Crippen LogP contribution in [-0.4, -0.2) is 31.7 Å². The fraction of sp³-hybridized carbons (Fsp3) is 0.267. The second-order valence-corrected chi connectivity index (χ2v) is 5.66. The predicted molar refractivity (Wildman–Crippen MR) is 82.8 cm³/mol. The van der Waals surface area contributed by atoms with E-state index >= 15 is 0 Å². The summed E-state index contributed by atoms with van der Waals surface area (Å²) in [6.45, 7) is 4.38. The van der Waals surface area contributed by atoms with Crippen LogP contribution < -0.4 is 10.5 Å². The third-order valence-corrected chi connectivity index (χ3v) is 3.54. The summed E-state index contributed by atoms with van der Waals surface area (Å²) in [5.74, 6) is 0.581. The van der Waals surface area contributed by atoms with Crippen molar-refractivity contribution >= 4 is 11.0 Å². The van der Waals surface area contributed by atoms with E-state index in [1.165, 1.54) is 18.6 Å². The molecule has 3 aromatic rings. The van der Waals surface area contributed by atoms with Gasteiger partial charge in [-0.25, -0.2) is 15.0 Å². The van der Waals surface area contributed by atoms with Crippen molar-refractivity contribution in [1.29, 1.82) is 5.26 Å². The van der Waals surface area contributed by atoms with E-state index in [0.29, 0.717) is 29.0 Å². The number of nitrogens with zero attached hydrogens (tertiary/aromatic N) is 5. The van der Waals surface area contributed by atoms with Crippen molar-refractivity contribution < 1.29 is 4.74 Å². The highest BCUT2D eigenvalue weighted by Gasteiger charge is 2.27. The quantitative estimate of drug-likeness (QED) is 0.750. The molecule has 3 aromatic heterocycles. The first kappa shape index (κ1) is 14.9. The number of fused-ring (bicyclic) bond motifs is 1. The molecular weight excluding hydrogens is 294 g/mol. The van der Waals surface area contributed by atoms with Gasteiger partial charge in [0.05, 0.1) is 17.3 Å². The molecule has 0 aliphatic heterocycles. The van der Waals surface area contributed by atoms with Crippen LogP contribution in [0.15, 0.2) is 24.7 Å². The fourth-order valence-corrected chi connectivity index (χ4v) is 2.15. The number of aromatic nitrogens is 5. The third kappa shape index (κ3) is 2.69. The SMILES string of the molecule is CC(C)(CN)c1ncnc2[nH]nc(Oc3cc(C#N)ccn3)c12. The van der Waals surface area contributed by atoms with E-state index in [2.05, 4.69) is 25.1 Å². The molecule has 3 heterocycles. The van der Waals surface area contributed by atoms with Crippen molar-refractivity contribution in [3.63, 3.8) is 0 Å². The Morgan fingerprint density at radius 1 is 1.35 bits per heavy atom. The first-order valence-electron chi connectivity index (χ1n) is 6.99. The summed E-state index contributed by atoms with van der Waals surface area (Å²) in [5.41, 5.74) is 7.24. The molecule has 23 heavy (non-hydrogen) atoms. The molecule has 0 amide bonds. The maximum Gasteiger partial charge on any atom is 0.251 e. The van der Waals surface area contributed by atoms with Crippen molar-refractivity contribution in [2.24, 2.45) is 5.73 Å². The lowest BCUT2D eigenvalue weighted by Crippen LogP contribution is -2.29. The smallest absolute Gasteiger partial charge is 0.251 e. The molecule has 0 saturated carbocycles. The summed E-state index contributed by atoms with van der Waals surface area (Å²) >= 11 is 0. The van der Waals surface area contributed by atoms with Crippen LogP contribution in [0.4, 0.5) is 0 Å². The van der Waals surface area contributed by atoms with Crippen LogP contribution in [0.1, 0.15) is 25.1 Å². The number of rotatable bonds is 4. The van der Waals surface area contributed by atoms with E-state index in [-0.39, 0.29) is 11.3 Å². The Kier molecular flexibility index (Phi) is 3.64. The fourth-order valence-electron chi connectivity index (χ4n) is 2.15. The Morgan fingerprint density at radius 2 is 2.17 bits per heavy atom. The Morgan fingerprint density at radius 3 is 2.91 bits per heavy atom. The summed E-state index contributed by atoms with van der Waals surface area (Å²) in [4.78, 5) is 12.6. The molecule has 0 radical (unpaired) electrons. The van der Waals surface area contributed by atoms with Crippen LogP contribution in [-0.2, 0) is 5.41 Å². The van der Waals surface area contributed by atoms with Crippen molar-refractivity contribution in [3.8, 4) is 17.8 Å². The minimum Gasteiger partial charge on any atom is -0.418 e. The number of H-pyrrole nitrogens is 1. The zero-order chi connectivity index (χ0) is 16.4. The Labute approximate surface area is 132 Å². The molecule has 0 bridgehead atoms. The molecule has 0 saturated heterocycles. The summed E-state index contributed by atoms with van der Waals surface area (Å²) in [7, 11) is 0. The molecule has 3 rings (SSSR count). The number of nitrogens with two attached hydrogens (primary N) is 1. The molecule has 0 atom stereocenters. The summed E-state index contributed by atoms with van der Waals surface area (Å²) in [5, 5.41) is 16.6. The van der Waals surface area contributed by atoms with Gasteiger partial charge in [0, 0.05) is 24.2 Å². The first-order valence-corrected chi connectivity index (χ1v) is 6.99. The van der Waals surface area contributed by atoms with Gasteiger partial charge in [-0.15, -0.1) is 5.10 Å². The molecule has 0 aliphatic carbocycles. The molecule has 3 N–H and O–H groups in total. The lowest BCUT2D eigenvalue weighted by atomic mass is 9.87. The Balaban J connectivity index is 2.10. The highest BCUT2D eigenvalue weighted by atomic mass is 16.5. The topological polar surface area (TPSA) is 126 Å². The lowest BCUT2D eigenvalue weighted by Gasteiger charge is -2.22. The van der Waals surface area contributed by atoms with Gasteiger partial charge in [0.15, 0.2) is 5.65 Å². The summed E-state index contributed by atoms with van der Waals surface area (Å²) < 4.78 is 5.73. The van der Waals surface area contributed by atoms with Gasteiger partial charge in [0.2, 0.25) is 5.88 Å². The van der Waals surface area contributed by atoms with Crippen molar-refractivity contribution in [2.45, 2.75) is 19.3 Å². The van der Waals surface area contributed by atoms with E-state index in [4.69, 9.17) is 15.7 Å². The zero-order valence-electron chi connectivity index (χ0n) is 12.7. The van der Waals surface area contributed by atoms with Gasteiger partial charge < -0.3 is 10.5 Å². The van der Waals surface area contributed by atoms with Gasteiger partial charge in [-0.2, -0.15) is 5.26 Å². The van der Waals surface area contributed by atoms with Gasteiger partial charge in [0.1, 0.15) is 11.7 Å². The molecule has 0 spiro atoms. The van der Waals surface area contributed by atoms with Crippen LogP contribution in [0, 0.1) is 11.3 Å². The number of hydrogen-bond acceptors (Lipinski definition) is 7. The summed E-state index contributed by atoms with van der Waals surface area (Å²) in [6, 6.07) is 5.18.